The van der Waals surface area contributed by atoms with Gasteiger partial charge < -0.3 is 15.5 Å². The molecule has 1 aromatic carbocycles. The topological polar surface area (TPSA) is 61.4 Å². The van der Waals surface area contributed by atoms with Crippen molar-refractivity contribution in [3.05, 3.63) is 29.8 Å². The molecule has 0 aromatic heterocycles. The number of hydrogen-bond donors (Lipinski definition) is 2. The zero-order valence-electron chi connectivity index (χ0n) is 14.6. The fraction of sp³-hybridized carbons (Fsp3) is 0.579. The minimum atomic E-state index is -0.0583. The molecule has 2 N–H and O–H groups in total. The molecular formula is C19H27N3O2. The molecule has 130 valence electrons. The monoisotopic (exact) mass is 329 g/mol. The summed E-state index contributed by atoms with van der Waals surface area (Å²) in [6.07, 6.45) is 3.42. The highest BCUT2D eigenvalue weighted by Gasteiger charge is 2.38. The van der Waals surface area contributed by atoms with Crippen LogP contribution in [0.1, 0.15) is 43.5 Å². The average Bonchev–Trinajstić information content (AvgIpc) is 3.03. The summed E-state index contributed by atoms with van der Waals surface area (Å²) in [5, 5.41) is 6.30. The second-order valence-electron chi connectivity index (χ2n) is 7.44. The first kappa shape index (κ1) is 17.0. The molecule has 0 saturated carbocycles. The number of carbonyl (C=O) groups excluding carboxylic acids is 2. The lowest BCUT2D eigenvalue weighted by Crippen LogP contribution is -2.44. The first-order valence-electron chi connectivity index (χ1n) is 8.90. The number of likely N-dealkylation sites (tertiary alicyclic amines) is 1. The number of benzene rings is 1. The molecule has 0 unspecified atom stereocenters. The van der Waals surface area contributed by atoms with Crippen molar-refractivity contribution in [2.75, 3.05) is 31.5 Å². The molecule has 0 radical (unpaired) electrons. The van der Waals surface area contributed by atoms with Crippen LogP contribution in [0.3, 0.4) is 0 Å². The number of amides is 2. The van der Waals surface area contributed by atoms with Gasteiger partial charge >= 0.3 is 0 Å². The molecule has 24 heavy (non-hydrogen) atoms. The Hall–Kier alpha value is -1.88. The highest BCUT2D eigenvalue weighted by atomic mass is 16.2. The number of nitrogens with one attached hydrogen (secondary N) is 2. The Kier molecular flexibility index (Phi) is 4.90. The molecule has 0 aliphatic carbocycles. The fourth-order valence-corrected chi connectivity index (χ4v) is 3.57. The zero-order valence-corrected chi connectivity index (χ0v) is 14.6. The molecule has 5 heteroatoms. The second-order valence-corrected chi connectivity index (χ2v) is 7.44. The molecular weight excluding hydrogens is 302 g/mol. The Labute approximate surface area is 143 Å². The lowest BCUT2D eigenvalue weighted by Gasteiger charge is -2.38. The summed E-state index contributed by atoms with van der Waals surface area (Å²) in [5.74, 6) is 0.0233. The molecule has 5 nitrogen and oxygen atoms in total. The van der Waals surface area contributed by atoms with Crippen molar-refractivity contribution >= 4 is 17.5 Å². The van der Waals surface area contributed by atoms with Crippen LogP contribution >= 0.6 is 0 Å². The maximum absolute atomic E-state index is 12.7. The van der Waals surface area contributed by atoms with E-state index in [0.29, 0.717) is 11.0 Å². The Bertz CT molecular complexity index is 594. The van der Waals surface area contributed by atoms with Crippen molar-refractivity contribution < 1.29 is 9.59 Å². The smallest absolute Gasteiger partial charge is 0.253 e. The van der Waals surface area contributed by atoms with E-state index < -0.39 is 0 Å². The van der Waals surface area contributed by atoms with Gasteiger partial charge in [-0.2, -0.15) is 0 Å². The van der Waals surface area contributed by atoms with Crippen molar-refractivity contribution in [1.82, 2.24) is 10.2 Å². The lowest BCUT2D eigenvalue weighted by molar-refractivity contribution is -0.118. The van der Waals surface area contributed by atoms with E-state index in [9.17, 15) is 9.59 Å². The van der Waals surface area contributed by atoms with Gasteiger partial charge in [-0.15, -0.1) is 0 Å². The highest BCUT2D eigenvalue weighted by Crippen LogP contribution is 2.37. The maximum atomic E-state index is 12.7. The zero-order chi connectivity index (χ0) is 17.2. The molecule has 0 bridgehead atoms. The Morgan fingerprint density at radius 1 is 1.12 bits per heavy atom. The Morgan fingerprint density at radius 3 is 2.33 bits per heavy atom. The van der Waals surface area contributed by atoms with Gasteiger partial charge in [-0.3, -0.25) is 9.59 Å². The molecule has 2 aliphatic heterocycles. The quantitative estimate of drug-likeness (QED) is 0.896. The van der Waals surface area contributed by atoms with Crippen molar-refractivity contribution in [1.29, 1.82) is 0 Å². The van der Waals surface area contributed by atoms with Gasteiger partial charge in [0, 0.05) is 36.8 Å². The van der Waals surface area contributed by atoms with Crippen molar-refractivity contribution in [3.63, 3.8) is 0 Å². The van der Waals surface area contributed by atoms with E-state index >= 15 is 0 Å². The first-order chi connectivity index (χ1) is 11.5. The average molecular weight is 329 g/mol. The Balaban J connectivity index is 1.58. The number of rotatable bonds is 3. The van der Waals surface area contributed by atoms with E-state index in [-0.39, 0.29) is 17.7 Å². The summed E-state index contributed by atoms with van der Waals surface area (Å²) in [6, 6.07) is 7.22. The summed E-state index contributed by atoms with van der Waals surface area (Å²) in [6.45, 7) is 7.60. The Morgan fingerprint density at radius 2 is 1.79 bits per heavy atom. The maximum Gasteiger partial charge on any atom is 0.253 e. The van der Waals surface area contributed by atoms with Crippen LogP contribution in [0.15, 0.2) is 24.3 Å². The first-order valence-corrected chi connectivity index (χ1v) is 8.90. The third kappa shape index (κ3) is 3.61. The minimum Gasteiger partial charge on any atom is -0.339 e. The molecule has 1 spiro atoms. The van der Waals surface area contributed by atoms with Gasteiger partial charge in [-0.1, -0.05) is 13.8 Å². The van der Waals surface area contributed by atoms with Crippen molar-refractivity contribution in [2.24, 2.45) is 11.3 Å². The summed E-state index contributed by atoms with van der Waals surface area (Å²) >= 11 is 0. The van der Waals surface area contributed by atoms with E-state index in [4.69, 9.17) is 0 Å². The SMILES string of the molecule is CC(C)C(=O)Nc1ccc(C(=O)N2CCC3(CCNC3)CC2)cc1. The molecule has 1 aromatic rings. The van der Waals surface area contributed by atoms with E-state index in [1.165, 1.54) is 6.42 Å². The van der Waals surface area contributed by atoms with Crippen LogP contribution in [-0.2, 0) is 4.79 Å². The summed E-state index contributed by atoms with van der Waals surface area (Å²) < 4.78 is 0. The van der Waals surface area contributed by atoms with E-state index in [2.05, 4.69) is 10.6 Å². The van der Waals surface area contributed by atoms with Gasteiger partial charge in [0.1, 0.15) is 0 Å². The number of nitrogens with zero attached hydrogens (tertiary/aromatic N) is 1. The molecule has 3 rings (SSSR count). The molecule has 2 fully saturated rings. The molecule has 0 atom stereocenters. The van der Waals surface area contributed by atoms with Crippen molar-refractivity contribution in [3.8, 4) is 0 Å². The van der Waals surface area contributed by atoms with E-state index in [1.54, 1.807) is 24.3 Å². The van der Waals surface area contributed by atoms with Gasteiger partial charge in [0.05, 0.1) is 0 Å². The number of anilines is 1. The third-order valence-corrected chi connectivity index (χ3v) is 5.37. The van der Waals surface area contributed by atoms with Gasteiger partial charge in [0.15, 0.2) is 0 Å². The van der Waals surface area contributed by atoms with Crippen molar-refractivity contribution in [2.45, 2.75) is 33.1 Å². The van der Waals surface area contributed by atoms with Gasteiger partial charge in [-0.25, -0.2) is 0 Å². The second kappa shape index (κ2) is 6.93. The van der Waals surface area contributed by atoms with Crippen LogP contribution in [0, 0.1) is 11.3 Å². The summed E-state index contributed by atoms with van der Waals surface area (Å²) in [5.41, 5.74) is 1.85. The van der Waals surface area contributed by atoms with E-state index in [0.717, 1.165) is 44.7 Å². The number of hydrogen-bond acceptors (Lipinski definition) is 3. The van der Waals surface area contributed by atoms with Crippen LogP contribution in [0.5, 0.6) is 0 Å². The predicted molar refractivity (Wildman–Crippen MR) is 95.0 cm³/mol. The lowest BCUT2D eigenvalue weighted by atomic mass is 9.78. The molecule has 2 aliphatic rings. The molecule has 2 heterocycles. The summed E-state index contributed by atoms with van der Waals surface area (Å²) in [7, 11) is 0. The largest absolute Gasteiger partial charge is 0.339 e. The number of carbonyl (C=O) groups is 2. The highest BCUT2D eigenvalue weighted by molar-refractivity contribution is 5.96. The van der Waals surface area contributed by atoms with Gasteiger partial charge in [-0.05, 0) is 55.5 Å². The molecule has 2 amide bonds. The summed E-state index contributed by atoms with van der Waals surface area (Å²) in [4.78, 5) is 26.3. The van der Waals surface area contributed by atoms with Gasteiger partial charge in [0.25, 0.3) is 5.91 Å². The fourth-order valence-electron chi connectivity index (χ4n) is 3.57. The number of piperidine rings is 1. The van der Waals surface area contributed by atoms with E-state index in [1.807, 2.05) is 18.7 Å². The minimum absolute atomic E-state index is 0.0134. The standard InChI is InChI=1S/C19H27N3O2/c1-14(2)17(23)21-16-5-3-15(4-6-16)18(24)22-11-8-19(9-12-22)7-10-20-13-19/h3-6,14,20H,7-13H2,1-2H3,(H,21,23). The van der Waals surface area contributed by atoms with Crippen LogP contribution < -0.4 is 10.6 Å². The predicted octanol–water partition coefficient (Wildman–Crippen LogP) is 2.50. The third-order valence-electron chi connectivity index (χ3n) is 5.37. The van der Waals surface area contributed by atoms with Crippen LogP contribution in [0.2, 0.25) is 0 Å². The van der Waals surface area contributed by atoms with Crippen LogP contribution in [0.25, 0.3) is 0 Å². The van der Waals surface area contributed by atoms with Crippen LogP contribution in [-0.4, -0.2) is 42.9 Å². The van der Waals surface area contributed by atoms with Gasteiger partial charge in [0.2, 0.25) is 5.91 Å². The van der Waals surface area contributed by atoms with Crippen LogP contribution in [0.4, 0.5) is 5.69 Å². The normalized spacial score (nSPS) is 19.7. The molecule has 2 saturated heterocycles.